The van der Waals surface area contributed by atoms with E-state index in [1.54, 1.807) is 0 Å². The van der Waals surface area contributed by atoms with E-state index in [0.717, 1.165) is 19.3 Å². The van der Waals surface area contributed by atoms with E-state index >= 15 is 0 Å². The standard InChI is InChI=1S/C18H33NO2/c20-16-12-7-13-17(21)18(16)19(14-8-3-1-4-9-14)15-10-5-2-6-11-15/h14-18,20-21H,1-13H2. The average Bonchev–Trinajstić information content (AvgIpc) is 2.53. The number of rotatable bonds is 3. The van der Waals surface area contributed by atoms with Crippen LogP contribution in [0.5, 0.6) is 0 Å². The quantitative estimate of drug-likeness (QED) is 0.840. The normalized spacial score (nSPS) is 37.0. The van der Waals surface area contributed by atoms with Gasteiger partial charge in [0, 0.05) is 12.1 Å². The molecule has 2 N–H and O–H groups in total. The molecule has 2 atom stereocenters. The Labute approximate surface area is 129 Å². The van der Waals surface area contributed by atoms with Crippen LogP contribution in [0, 0.1) is 0 Å². The summed E-state index contributed by atoms with van der Waals surface area (Å²) in [5.41, 5.74) is 0. The lowest BCUT2D eigenvalue weighted by atomic mass is 9.82. The SMILES string of the molecule is OC1CCCC(O)C1N(C1CCCCC1)C1CCCCC1. The van der Waals surface area contributed by atoms with Crippen molar-refractivity contribution in [3.05, 3.63) is 0 Å². The minimum absolute atomic E-state index is 0.00458. The first-order chi connectivity index (χ1) is 10.3. The molecule has 3 rings (SSSR count). The lowest BCUT2D eigenvalue weighted by Crippen LogP contribution is -2.60. The maximum Gasteiger partial charge on any atom is 0.0720 e. The maximum absolute atomic E-state index is 10.6. The lowest BCUT2D eigenvalue weighted by Gasteiger charge is -2.50. The minimum Gasteiger partial charge on any atom is -0.391 e. The van der Waals surface area contributed by atoms with Gasteiger partial charge in [0.15, 0.2) is 0 Å². The summed E-state index contributed by atoms with van der Waals surface area (Å²) in [6.07, 6.45) is 15.2. The Bertz CT molecular complexity index is 282. The summed E-state index contributed by atoms with van der Waals surface area (Å²) in [4.78, 5) is 2.62. The molecule has 0 aromatic heterocycles. The van der Waals surface area contributed by atoms with Crippen molar-refractivity contribution in [3.8, 4) is 0 Å². The van der Waals surface area contributed by atoms with E-state index in [1.165, 1.54) is 64.2 Å². The molecule has 0 spiro atoms. The predicted octanol–water partition coefficient (Wildman–Crippen LogP) is 3.23. The Morgan fingerprint density at radius 2 is 0.952 bits per heavy atom. The molecule has 0 radical (unpaired) electrons. The highest BCUT2D eigenvalue weighted by molar-refractivity contribution is 4.96. The molecular formula is C18H33NO2. The molecule has 3 heteroatoms. The predicted molar refractivity (Wildman–Crippen MR) is 85.2 cm³/mol. The topological polar surface area (TPSA) is 43.7 Å². The zero-order valence-electron chi connectivity index (χ0n) is 13.4. The molecule has 0 amide bonds. The first-order valence-electron chi connectivity index (χ1n) is 9.41. The summed E-state index contributed by atoms with van der Waals surface area (Å²) in [7, 11) is 0. The minimum atomic E-state index is -0.322. The van der Waals surface area contributed by atoms with Gasteiger partial charge in [0.1, 0.15) is 0 Å². The third-order valence-corrected chi connectivity index (χ3v) is 6.13. The second kappa shape index (κ2) is 7.43. The van der Waals surface area contributed by atoms with Crippen LogP contribution in [0.1, 0.15) is 83.5 Å². The van der Waals surface area contributed by atoms with Crippen LogP contribution in [0.3, 0.4) is 0 Å². The molecular weight excluding hydrogens is 262 g/mol. The van der Waals surface area contributed by atoms with E-state index in [2.05, 4.69) is 4.90 Å². The van der Waals surface area contributed by atoms with E-state index in [9.17, 15) is 10.2 Å². The van der Waals surface area contributed by atoms with Crippen LogP contribution in [0.2, 0.25) is 0 Å². The first kappa shape index (κ1) is 15.8. The fraction of sp³-hybridized carbons (Fsp3) is 1.00. The van der Waals surface area contributed by atoms with Crippen molar-refractivity contribution >= 4 is 0 Å². The second-order valence-electron chi connectivity index (χ2n) is 7.59. The van der Waals surface area contributed by atoms with Crippen LogP contribution in [0.15, 0.2) is 0 Å². The summed E-state index contributed by atoms with van der Waals surface area (Å²) < 4.78 is 0. The molecule has 3 aliphatic rings. The van der Waals surface area contributed by atoms with Crippen LogP contribution in [-0.4, -0.2) is 45.4 Å². The van der Waals surface area contributed by atoms with Gasteiger partial charge in [0.05, 0.1) is 18.2 Å². The largest absolute Gasteiger partial charge is 0.391 e. The van der Waals surface area contributed by atoms with Crippen molar-refractivity contribution in [3.63, 3.8) is 0 Å². The number of hydrogen-bond acceptors (Lipinski definition) is 3. The lowest BCUT2D eigenvalue weighted by molar-refractivity contribution is -0.0972. The van der Waals surface area contributed by atoms with E-state index in [-0.39, 0.29) is 18.2 Å². The van der Waals surface area contributed by atoms with Gasteiger partial charge in [-0.15, -0.1) is 0 Å². The van der Waals surface area contributed by atoms with Gasteiger partial charge in [-0.1, -0.05) is 38.5 Å². The summed E-state index contributed by atoms with van der Waals surface area (Å²) in [5.74, 6) is 0. The highest BCUT2D eigenvalue weighted by Crippen LogP contribution is 2.36. The van der Waals surface area contributed by atoms with Crippen molar-refractivity contribution in [1.29, 1.82) is 0 Å². The van der Waals surface area contributed by atoms with E-state index in [0.29, 0.717) is 12.1 Å². The van der Waals surface area contributed by atoms with Crippen molar-refractivity contribution < 1.29 is 10.2 Å². The van der Waals surface area contributed by atoms with E-state index in [4.69, 9.17) is 0 Å². The third kappa shape index (κ3) is 3.62. The van der Waals surface area contributed by atoms with Gasteiger partial charge < -0.3 is 10.2 Å². The summed E-state index contributed by atoms with van der Waals surface area (Å²) in [5, 5.41) is 21.1. The molecule has 0 aliphatic heterocycles. The van der Waals surface area contributed by atoms with Crippen LogP contribution >= 0.6 is 0 Å². The number of nitrogens with zero attached hydrogens (tertiary/aromatic N) is 1. The van der Waals surface area contributed by atoms with Crippen LogP contribution < -0.4 is 0 Å². The molecule has 3 saturated carbocycles. The maximum atomic E-state index is 10.6. The number of hydrogen-bond donors (Lipinski definition) is 2. The molecule has 0 aromatic rings. The van der Waals surface area contributed by atoms with Crippen molar-refractivity contribution in [1.82, 2.24) is 4.90 Å². The zero-order chi connectivity index (χ0) is 14.7. The highest BCUT2D eigenvalue weighted by Gasteiger charge is 2.42. The molecule has 3 fully saturated rings. The van der Waals surface area contributed by atoms with Crippen LogP contribution in [0.25, 0.3) is 0 Å². The van der Waals surface area contributed by atoms with Gasteiger partial charge in [0.2, 0.25) is 0 Å². The van der Waals surface area contributed by atoms with E-state index in [1.807, 2.05) is 0 Å². The Hall–Kier alpha value is -0.120. The zero-order valence-corrected chi connectivity index (χ0v) is 13.4. The Balaban J connectivity index is 1.79. The monoisotopic (exact) mass is 295 g/mol. The van der Waals surface area contributed by atoms with Gasteiger partial charge in [-0.25, -0.2) is 0 Å². The fourth-order valence-electron chi connectivity index (χ4n) is 5.07. The fourth-order valence-corrected chi connectivity index (χ4v) is 5.07. The van der Waals surface area contributed by atoms with Crippen LogP contribution in [0.4, 0.5) is 0 Å². The number of aliphatic hydroxyl groups is 2. The van der Waals surface area contributed by atoms with Crippen molar-refractivity contribution in [2.45, 2.75) is 114 Å². The molecule has 0 saturated heterocycles. The van der Waals surface area contributed by atoms with Gasteiger partial charge in [-0.05, 0) is 44.9 Å². The van der Waals surface area contributed by atoms with Gasteiger partial charge in [0.25, 0.3) is 0 Å². The highest BCUT2D eigenvalue weighted by atomic mass is 16.3. The average molecular weight is 295 g/mol. The molecule has 3 nitrogen and oxygen atoms in total. The molecule has 122 valence electrons. The molecule has 0 aromatic carbocycles. The number of aliphatic hydroxyl groups excluding tert-OH is 2. The Kier molecular flexibility index (Phi) is 5.58. The summed E-state index contributed by atoms with van der Waals surface area (Å²) >= 11 is 0. The second-order valence-corrected chi connectivity index (χ2v) is 7.59. The molecule has 21 heavy (non-hydrogen) atoms. The smallest absolute Gasteiger partial charge is 0.0720 e. The van der Waals surface area contributed by atoms with Gasteiger partial charge in [-0.2, -0.15) is 0 Å². The molecule has 3 aliphatic carbocycles. The first-order valence-corrected chi connectivity index (χ1v) is 9.41. The summed E-state index contributed by atoms with van der Waals surface area (Å²) in [6, 6.07) is 1.22. The van der Waals surface area contributed by atoms with Crippen molar-refractivity contribution in [2.75, 3.05) is 0 Å². The van der Waals surface area contributed by atoms with Gasteiger partial charge >= 0.3 is 0 Å². The van der Waals surface area contributed by atoms with Gasteiger partial charge in [-0.3, -0.25) is 4.90 Å². The van der Waals surface area contributed by atoms with Crippen LogP contribution in [-0.2, 0) is 0 Å². The molecule has 0 bridgehead atoms. The van der Waals surface area contributed by atoms with E-state index < -0.39 is 0 Å². The Morgan fingerprint density at radius 3 is 1.38 bits per heavy atom. The Morgan fingerprint density at radius 1 is 0.524 bits per heavy atom. The van der Waals surface area contributed by atoms with Crippen molar-refractivity contribution in [2.24, 2.45) is 0 Å². The molecule has 0 heterocycles. The summed E-state index contributed by atoms with van der Waals surface area (Å²) in [6.45, 7) is 0. The molecule has 2 unspecified atom stereocenters. The third-order valence-electron chi connectivity index (χ3n) is 6.13.